The molecule has 0 bridgehead atoms. The highest BCUT2D eigenvalue weighted by Crippen LogP contribution is 2.32. The first-order valence-corrected chi connectivity index (χ1v) is 7.82. The summed E-state index contributed by atoms with van der Waals surface area (Å²) in [5, 5.41) is 23.8. The van der Waals surface area contributed by atoms with E-state index in [0.29, 0.717) is 12.0 Å². The summed E-state index contributed by atoms with van der Waals surface area (Å²) in [4.78, 5) is 2.35. The maximum absolute atomic E-state index is 10.4. The number of phenolic OH excluding ortho intramolecular Hbond substituents is 1. The standard InChI is InChI=1S/C17H28N2O2/c1-17(2,3)13-4-5-15(20)14(12-13)16(21)6-9-19-10-7-18-8-11-19/h4-5,12,16,18,20-21H,6-11H2,1-3H3. The normalized spacial score (nSPS) is 18.7. The maximum Gasteiger partial charge on any atom is 0.121 e. The Morgan fingerprint density at radius 2 is 1.90 bits per heavy atom. The molecule has 1 heterocycles. The molecule has 1 aromatic rings. The summed E-state index contributed by atoms with van der Waals surface area (Å²) in [7, 11) is 0. The van der Waals surface area contributed by atoms with Gasteiger partial charge < -0.3 is 20.4 Å². The Labute approximate surface area is 127 Å². The van der Waals surface area contributed by atoms with E-state index in [9.17, 15) is 10.2 Å². The summed E-state index contributed by atoms with van der Waals surface area (Å²) in [5.74, 6) is 0.191. The molecule has 3 N–H and O–H groups in total. The lowest BCUT2D eigenvalue weighted by Crippen LogP contribution is -2.44. The third kappa shape index (κ3) is 4.43. The van der Waals surface area contributed by atoms with Gasteiger partial charge in [-0.25, -0.2) is 0 Å². The number of aliphatic hydroxyl groups excluding tert-OH is 1. The molecule has 2 rings (SSSR count). The van der Waals surface area contributed by atoms with Crippen LogP contribution in [0.1, 0.15) is 44.4 Å². The zero-order valence-electron chi connectivity index (χ0n) is 13.4. The van der Waals surface area contributed by atoms with Crippen molar-refractivity contribution in [1.82, 2.24) is 10.2 Å². The van der Waals surface area contributed by atoms with Crippen molar-refractivity contribution >= 4 is 0 Å². The van der Waals surface area contributed by atoms with Crippen LogP contribution < -0.4 is 5.32 Å². The molecule has 0 spiro atoms. The zero-order chi connectivity index (χ0) is 15.5. The van der Waals surface area contributed by atoms with E-state index in [1.54, 1.807) is 6.07 Å². The zero-order valence-corrected chi connectivity index (χ0v) is 13.4. The average molecular weight is 292 g/mol. The van der Waals surface area contributed by atoms with Crippen LogP contribution in [0, 0.1) is 0 Å². The fourth-order valence-corrected chi connectivity index (χ4v) is 2.68. The van der Waals surface area contributed by atoms with Crippen molar-refractivity contribution in [2.45, 2.75) is 38.7 Å². The van der Waals surface area contributed by atoms with E-state index in [4.69, 9.17) is 0 Å². The molecule has 1 atom stereocenters. The minimum Gasteiger partial charge on any atom is -0.508 e. The Morgan fingerprint density at radius 3 is 2.52 bits per heavy atom. The molecule has 1 unspecified atom stereocenters. The minimum absolute atomic E-state index is 0.0146. The topological polar surface area (TPSA) is 55.7 Å². The van der Waals surface area contributed by atoms with E-state index in [1.165, 1.54) is 0 Å². The van der Waals surface area contributed by atoms with Gasteiger partial charge in [-0.2, -0.15) is 0 Å². The van der Waals surface area contributed by atoms with Crippen molar-refractivity contribution in [3.05, 3.63) is 29.3 Å². The first-order chi connectivity index (χ1) is 9.88. The minimum atomic E-state index is -0.609. The van der Waals surface area contributed by atoms with Crippen LogP contribution in [0.2, 0.25) is 0 Å². The van der Waals surface area contributed by atoms with Gasteiger partial charge in [0.2, 0.25) is 0 Å². The van der Waals surface area contributed by atoms with E-state index >= 15 is 0 Å². The Bertz CT molecular complexity index is 462. The maximum atomic E-state index is 10.4. The predicted octanol–water partition coefficient (Wildman–Crippen LogP) is 2.02. The van der Waals surface area contributed by atoms with Gasteiger partial charge in [-0.15, -0.1) is 0 Å². The van der Waals surface area contributed by atoms with Crippen molar-refractivity contribution in [1.29, 1.82) is 0 Å². The number of piperazine rings is 1. The molecule has 118 valence electrons. The Kier molecular flexibility index (Phi) is 5.25. The fourth-order valence-electron chi connectivity index (χ4n) is 2.68. The molecule has 1 saturated heterocycles. The van der Waals surface area contributed by atoms with Crippen LogP contribution in [0.15, 0.2) is 18.2 Å². The summed E-state index contributed by atoms with van der Waals surface area (Å²) in [5.41, 5.74) is 1.80. The van der Waals surface area contributed by atoms with Crippen molar-refractivity contribution < 1.29 is 10.2 Å². The van der Waals surface area contributed by atoms with E-state index in [1.807, 2.05) is 12.1 Å². The third-order valence-corrected chi connectivity index (χ3v) is 4.18. The van der Waals surface area contributed by atoms with E-state index < -0.39 is 6.10 Å². The van der Waals surface area contributed by atoms with Crippen LogP contribution >= 0.6 is 0 Å². The first-order valence-electron chi connectivity index (χ1n) is 7.82. The molecule has 4 heteroatoms. The second kappa shape index (κ2) is 6.77. The lowest BCUT2D eigenvalue weighted by atomic mass is 9.85. The van der Waals surface area contributed by atoms with Crippen molar-refractivity contribution in [3.8, 4) is 5.75 Å². The summed E-state index contributed by atoms with van der Waals surface area (Å²) >= 11 is 0. The van der Waals surface area contributed by atoms with Crippen molar-refractivity contribution in [2.24, 2.45) is 0 Å². The average Bonchev–Trinajstić information content (AvgIpc) is 2.45. The number of hydrogen-bond acceptors (Lipinski definition) is 4. The number of rotatable bonds is 4. The number of benzene rings is 1. The lowest BCUT2D eigenvalue weighted by Gasteiger charge is -2.28. The monoisotopic (exact) mass is 292 g/mol. The molecule has 0 saturated carbocycles. The Hall–Kier alpha value is -1.10. The van der Waals surface area contributed by atoms with E-state index in [2.05, 4.69) is 31.0 Å². The molecule has 1 aliphatic rings. The molecule has 1 aliphatic heterocycles. The lowest BCUT2D eigenvalue weighted by molar-refractivity contribution is 0.134. The largest absolute Gasteiger partial charge is 0.508 e. The molecule has 0 amide bonds. The van der Waals surface area contributed by atoms with Crippen LogP contribution in [0.5, 0.6) is 5.75 Å². The molecular formula is C17H28N2O2. The smallest absolute Gasteiger partial charge is 0.121 e. The van der Waals surface area contributed by atoms with Gasteiger partial charge in [0, 0.05) is 38.3 Å². The van der Waals surface area contributed by atoms with Gasteiger partial charge in [0.15, 0.2) is 0 Å². The summed E-state index contributed by atoms with van der Waals surface area (Å²) < 4.78 is 0. The quantitative estimate of drug-likeness (QED) is 0.795. The van der Waals surface area contributed by atoms with Crippen LogP contribution in [-0.2, 0) is 5.41 Å². The van der Waals surface area contributed by atoms with Gasteiger partial charge in [-0.3, -0.25) is 0 Å². The SMILES string of the molecule is CC(C)(C)c1ccc(O)c(C(O)CCN2CCNCC2)c1. The Balaban J connectivity index is 2.02. The number of nitrogens with one attached hydrogen (secondary N) is 1. The van der Waals surface area contributed by atoms with Gasteiger partial charge in [0.25, 0.3) is 0 Å². The first kappa shape index (κ1) is 16.3. The van der Waals surface area contributed by atoms with Crippen LogP contribution in [0.25, 0.3) is 0 Å². The summed E-state index contributed by atoms with van der Waals surface area (Å²) in [6.45, 7) is 11.4. The van der Waals surface area contributed by atoms with E-state index in [-0.39, 0.29) is 11.2 Å². The molecule has 0 aromatic heterocycles. The molecule has 4 nitrogen and oxygen atoms in total. The molecule has 1 fully saturated rings. The molecule has 0 radical (unpaired) electrons. The van der Waals surface area contributed by atoms with Gasteiger partial charge in [0.05, 0.1) is 6.10 Å². The molecule has 21 heavy (non-hydrogen) atoms. The van der Waals surface area contributed by atoms with Crippen molar-refractivity contribution in [3.63, 3.8) is 0 Å². The number of hydrogen-bond donors (Lipinski definition) is 3. The number of phenols is 1. The van der Waals surface area contributed by atoms with Crippen LogP contribution in [0.3, 0.4) is 0 Å². The number of nitrogens with zero attached hydrogens (tertiary/aromatic N) is 1. The van der Waals surface area contributed by atoms with Crippen LogP contribution in [-0.4, -0.2) is 47.8 Å². The van der Waals surface area contributed by atoms with Gasteiger partial charge in [-0.05, 0) is 29.5 Å². The summed E-state index contributed by atoms with van der Waals surface area (Å²) in [6.07, 6.45) is 0.0448. The second-order valence-corrected chi connectivity index (χ2v) is 6.92. The molecule has 0 aliphatic carbocycles. The molecule has 1 aromatic carbocycles. The summed E-state index contributed by atoms with van der Waals surface area (Å²) in [6, 6.07) is 5.57. The van der Waals surface area contributed by atoms with Crippen molar-refractivity contribution in [2.75, 3.05) is 32.7 Å². The highest BCUT2D eigenvalue weighted by atomic mass is 16.3. The predicted molar refractivity (Wildman–Crippen MR) is 85.7 cm³/mol. The molecular weight excluding hydrogens is 264 g/mol. The van der Waals surface area contributed by atoms with Gasteiger partial charge >= 0.3 is 0 Å². The third-order valence-electron chi connectivity index (χ3n) is 4.18. The highest BCUT2D eigenvalue weighted by molar-refractivity contribution is 5.40. The van der Waals surface area contributed by atoms with Gasteiger partial charge in [-0.1, -0.05) is 26.8 Å². The van der Waals surface area contributed by atoms with Gasteiger partial charge in [0.1, 0.15) is 5.75 Å². The van der Waals surface area contributed by atoms with Crippen LogP contribution in [0.4, 0.5) is 0 Å². The Morgan fingerprint density at radius 1 is 1.24 bits per heavy atom. The number of aliphatic hydroxyl groups is 1. The second-order valence-electron chi connectivity index (χ2n) is 6.92. The highest BCUT2D eigenvalue weighted by Gasteiger charge is 2.20. The fraction of sp³-hybridized carbons (Fsp3) is 0.647. The number of aromatic hydroxyl groups is 1. The van der Waals surface area contributed by atoms with E-state index in [0.717, 1.165) is 38.3 Å².